The molecule has 1 aliphatic heterocycles. The average molecular weight is 707 g/mol. The molecule has 4 rings (SSSR count). The zero-order valence-corrected chi connectivity index (χ0v) is 26.7. The summed E-state index contributed by atoms with van der Waals surface area (Å²) in [5, 5.41) is 0.439. The van der Waals surface area contributed by atoms with Crippen LogP contribution in [0.3, 0.4) is 0 Å². The van der Waals surface area contributed by atoms with E-state index in [4.69, 9.17) is 42.0 Å². The maximum atomic E-state index is 14.1. The summed E-state index contributed by atoms with van der Waals surface area (Å²) in [5.74, 6) is 3.41. The fourth-order valence-corrected chi connectivity index (χ4v) is 6.54. The summed E-state index contributed by atoms with van der Waals surface area (Å²) in [6.07, 6.45) is 8.37. The molecule has 1 aliphatic rings. The number of halogens is 2. The predicted molar refractivity (Wildman–Crippen MR) is 168 cm³/mol. The van der Waals surface area contributed by atoms with Gasteiger partial charge in [0.05, 0.1) is 40.2 Å². The first kappa shape index (κ1) is 30.7. The highest BCUT2D eigenvalue weighted by molar-refractivity contribution is 14.1. The Balaban J connectivity index is 2.00. The Kier molecular flexibility index (Phi) is 10.2. The second kappa shape index (κ2) is 13.6. The standard InChI is InChI=1S/C30H28ClIN2O6S/c1-6-9-21-25(29(36)39-8-3)26(19-16-18(31)10-11-22(19)37-4)34-28(35)24(41-30(34)33-21)15-17-13-20(32)27(40-12-7-2)23(14-17)38-5/h2,10-11,13-16,26H,6,8-9,12H2,1,3-5H3/b24-15+/t26-/m0/s1. The van der Waals surface area contributed by atoms with Gasteiger partial charge in [-0.15, -0.1) is 6.42 Å². The Bertz CT molecular complexity index is 1740. The molecule has 0 aliphatic carbocycles. The Morgan fingerprint density at radius 3 is 2.63 bits per heavy atom. The minimum absolute atomic E-state index is 0.0974. The number of hydrogen-bond donors (Lipinski definition) is 0. The van der Waals surface area contributed by atoms with Crippen LogP contribution in [0.1, 0.15) is 43.9 Å². The monoisotopic (exact) mass is 706 g/mol. The molecule has 2 heterocycles. The van der Waals surface area contributed by atoms with Gasteiger partial charge < -0.3 is 18.9 Å². The van der Waals surface area contributed by atoms with Gasteiger partial charge in [0.25, 0.3) is 5.56 Å². The summed E-state index contributed by atoms with van der Waals surface area (Å²) in [5.41, 5.74) is 1.82. The molecule has 0 N–H and O–H groups in total. The molecule has 0 radical (unpaired) electrons. The Labute approximate surface area is 260 Å². The first-order valence-electron chi connectivity index (χ1n) is 12.8. The van der Waals surface area contributed by atoms with E-state index in [-0.39, 0.29) is 18.8 Å². The van der Waals surface area contributed by atoms with Crippen LogP contribution in [0.5, 0.6) is 17.2 Å². The molecule has 1 atom stereocenters. The van der Waals surface area contributed by atoms with E-state index in [1.165, 1.54) is 30.1 Å². The van der Waals surface area contributed by atoms with Crippen LogP contribution in [-0.4, -0.2) is 38.0 Å². The summed E-state index contributed by atoms with van der Waals surface area (Å²) in [6.45, 7) is 4.01. The van der Waals surface area contributed by atoms with Crippen LogP contribution in [0.4, 0.5) is 0 Å². The van der Waals surface area contributed by atoms with Crippen molar-refractivity contribution in [2.75, 3.05) is 27.4 Å². The molecule has 0 saturated heterocycles. The van der Waals surface area contributed by atoms with Crippen molar-refractivity contribution in [3.05, 3.63) is 81.0 Å². The number of esters is 1. The van der Waals surface area contributed by atoms with E-state index in [0.717, 1.165) is 15.6 Å². The molecular weight excluding hydrogens is 679 g/mol. The molecule has 0 saturated carbocycles. The number of terminal acetylenes is 1. The van der Waals surface area contributed by atoms with Crippen LogP contribution in [0.15, 0.2) is 51.4 Å². The summed E-state index contributed by atoms with van der Waals surface area (Å²) in [4.78, 5) is 32.7. The highest BCUT2D eigenvalue weighted by Gasteiger charge is 2.36. The van der Waals surface area contributed by atoms with Crippen molar-refractivity contribution in [2.45, 2.75) is 32.7 Å². The fourth-order valence-electron chi connectivity index (χ4n) is 4.56. The molecule has 11 heteroatoms. The van der Waals surface area contributed by atoms with Crippen LogP contribution in [0.25, 0.3) is 6.08 Å². The number of carbonyl (C=O) groups is 1. The van der Waals surface area contributed by atoms with Crippen LogP contribution >= 0.6 is 45.5 Å². The van der Waals surface area contributed by atoms with Gasteiger partial charge in [0, 0.05) is 10.6 Å². The van der Waals surface area contributed by atoms with Gasteiger partial charge in [-0.05, 0) is 77.9 Å². The van der Waals surface area contributed by atoms with Crippen molar-refractivity contribution in [3.8, 4) is 29.6 Å². The maximum Gasteiger partial charge on any atom is 0.338 e. The van der Waals surface area contributed by atoms with Gasteiger partial charge >= 0.3 is 5.97 Å². The molecule has 0 bridgehead atoms. The number of fused-ring (bicyclic) bond motifs is 1. The zero-order chi connectivity index (χ0) is 29.7. The summed E-state index contributed by atoms with van der Waals surface area (Å²) >= 11 is 9.78. The van der Waals surface area contributed by atoms with Gasteiger partial charge in [-0.3, -0.25) is 9.36 Å². The van der Waals surface area contributed by atoms with Gasteiger partial charge in [-0.25, -0.2) is 9.79 Å². The number of rotatable bonds is 10. The quantitative estimate of drug-likeness (QED) is 0.170. The third-order valence-corrected chi connectivity index (χ3v) is 8.25. The molecule has 3 aromatic rings. The molecule has 0 spiro atoms. The second-order valence-corrected chi connectivity index (χ2v) is 11.4. The topological polar surface area (TPSA) is 88.4 Å². The lowest BCUT2D eigenvalue weighted by Gasteiger charge is -2.27. The molecule has 8 nitrogen and oxygen atoms in total. The summed E-state index contributed by atoms with van der Waals surface area (Å²) < 4.78 is 25.0. The Morgan fingerprint density at radius 1 is 1.22 bits per heavy atom. The molecule has 214 valence electrons. The van der Waals surface area contributed by atoms with Crippen molar-refractivity contribution in [1.29, 1.82) is 0 Å². The van der Waals surface area contributed by atoms with E-state index >= 15 is 0 Å². The van der Waals surface area contributed by atoms with E-state index in [1.807, 2.05) is 13.0 Å². The minimum atomic E-state index is -0.850. The van der Waals surface area contributed by atoms with Gasteiger partial charge in [-0.2, -0.15) is 0 Å². The van der Waals surface area contributed by atoms with Gasteiger partial charge in [0.2, 0.25) is 0 Å². The van der Waals surface area contributed by atoms with Crippen LogP contribution in [0, 0.1) is 15.9 Å². The lowest BCUT2D eigenvalue weighted by Crippen LogP contribution is -2.40. The minimum Gasteiger partial charge on any atom is -0.496 e. The van der Waals surface area contributed by atoms with Crippen molar-refractivity contribution in [3.63, 3.8) is 0 Å². The van der Waals surface area contributed by atoms with Crippen LogP contribution < -0.4 is 29.1 Å². The average Bonchev–Trinajstić information content (AvgIpc) is 3.25. The summed E-state index contributed by atoms with van der Waals surface area (Å²) in [6, 6.07) is 7.91. The third-order valence-electron chi connectivity index (χ3n) is 6.23. The first-order chi connectivity index (χ1) is 19.8. The highest BCUT2D eigenvalue weighted by atomic mass is 127. The number of hydrogen-bond acceptors (Lipinski definition) is 8. The van der Waals surface area contributed by atoms with Gasteiger partial charge in [-0.1, -0.05) is 42.2 Å². The smallest absolute Gasteiger partial charge is 0.338 e. The highest BCUT2D eigenvalue weighted by Crippen LogP contribution is 2.38. The number of methoxy groups -OCH3 is 2. The number of thiazole rings is 1. The Morgan fingerprint density at radius 2 is 1.98 bits per heavy atom. The van der Waals surface area contributed by atoms with E-state index in [2.05, 4.69) is 28.5 Å². The lowest BCUT2D eigenvalue weighted by molar-refractivity contribution is -0.139. The van der Waals surface area contributed by atoms with Crippen LogP contribution in [-0.2, 0) is 9.53 Å². The zero-order valence-electron chi connectivity index (χ0n) is 23.0. The molecule has 1 aromatic heterocycles. The summed E-state index contributed by atoms with van der Waals surface area (Å²) in [7, 11) is 3.07. The normalized spacial score (nSPS) is 14.7. The largest absolute Gasteiger partial charge is 0.496 e. The van der Waals surface area contributed by atoms with Crippen LogP contribution in [0.2, 0.25) is 5.02 Å². The molecule has 0 amide bonds. The van der Waals surface area contributed by atoms with E-state index in [0.29, 0.717) is 54.9 Å². The van der Waals surface area contributed by atoms with E-state index < -0.39 is 12.0 Å². The first-order valence-corrected chi connectivity index (χ1v) is 15.0. The molecular formula is C30H28ClIN2O6S. The van der Waals surface area contributed by atoms with Gasteiger partial charge in [0.1, 0.15) is 18.4 Å². The fraction of sp³-hybridized carbons (Fsp3) is 0.300. The van der Waals surface area contributed by atoms with Crippen molar-refractivity contribution >= 4 is 57.6 Å². The van der Waals surface area contributed by atoms with Crippen molar-refractivity contribution in [1.82, 2.24) is 4.57 Å². The lowest BCUT2D eigenvalue weighted by atomic mass is 9.93. The number of carbonyl (C=O) groups excluding carboxylic acids is 1. The maximum absolute atomic E-state index is 14.1. The van der Waals surface area contributed by atoms with Crippen molar-refractivity contribution < 1.29 is 23.7 Å². The van der Waals surface area contributed by atoms with E-state index in [9.17, 15) is 9.59 Å². The van der Waals surface area contributed by atoms with Crippen molar-refractivity contribution in [2.24, 2.45) is 4.99 Å². The number of nitrogens with zero attached hydrogens (tertiary/aromatic N) is 2. The number of benzene rings is 2. The predicted octanol–water partition coefficient (Wildman–Crippen LogP) is 4.87. The third kappa shape index (κ3) is 6.32. The molecule has 0 fully saturated rings. The molecule has 0 unspecified atom stereocenters. The number of aromatic nitrogens is 1. The number of ether oxygens (including phenoxy) is 4. The van der Waals surface area contributed by atoms with E-state index in [1.54, 1.807) is 37.3 Å². The molecule has 41 heavy (non-hydrogen) atoms. The number of allylic oxidation sites excluding steroid dienone is 1. The van der Waals surface area contributed by atoms with Gasteiger partial charge in [0.15, 0.2) is 16.3 Å². The second-order valence-electron chi connectivity index (χ2n) is 8.83. The SMILES string of the molecule is C#CCOc1c(I)cc(/C=c2/sc3n(c2=O)[C@@H](c2cc(Cl)ccc2OC)C(C(=O)OCC)=C(CCC)N=3)cc1OC. The molecule has 2 aromatic carbocycles. The Hall–Kier alpha value is -3.27.